The second kappa shape index (κ2) is 9.92. The minimum absolute atomic E-state index is 0.0355. The molecular weight excluding hydrogens is 356 g/mol. The van der Waals surface area contributed by atoms with Gasteiger partial charge in [-0.15, -0.1) is 0 Å². The van der Waals surface area contributed by atoms with E-state index in [-0.39, 0.29) is 18.4 Å². The SMILES string of the molecule is CCCOC1(C(=O)Nc2ccc(OCC(=O)N3CCCCC3)cc2)CCCC1. The number of carbonyl (C=O) groups excluding carboxylic acids is 2. The number of carbonyl (C=O) groups is 2. The van der Waals surface area contributed by atoms with Gasteiger partial charge in [-0.1, -0.05) is 6.92 Å². The van der Waals surface area contributed by atoms with E-state index < -0.39 is 5.60 Å². The number of piperidine rings is 1. The smallest absolute Gasteiger partial charge is 0.260 e. The van der Waals surface area contributed by atoms with Crippen LogP contribution in [-0.2, 0) is 14.3 Å². The summed E-state index contributed by atoms with van der Waals surface area (Å²) >= 11 is 0. The van der Waals surface area contributed by atoms with Crippen molar-refractivity contribution in [3.05, 3.63) is 24.3 Å². The highest BCUT2D eigenvalue weighted by Crippen LogP contribution is 2.34. The molecule has 3 rings (SSSR count). The lowest BCUT2D eigenvalue weighted by Crippen LogP contribution is -2.43. The molecule has 1 aliphatic carbocycles. The number of nitrogens with one attached hydrogen (secondary N) is 1. The lowest BCUT2D eigenvalue weighted by atomic mass is 10.0. The van der Waals surface area contributed by atoms with Crippen molar-refractivity contribution in [2.24, 2.45) is 0 Å². The predicted octanol–water partition coefficient (Wildman–Crippen LogP) is 3.76. The Hall–Kier alpha value is -2.08. The average Bonchev–Trinajstić information content (AvgIpc) is 3.22. The molecule has 2 amide bonds. The van der Waals surface area contributed by atoms with E-state index in [1.165, 1.54) is 6.42 Å². The van der Waals surface area contributed by atoms with Gasteiger partial charge in [-0.05, 0) is 75.6 Å². The molecule has 0 radical (unpaired) electrons. The monoisotopic (exact) mass is 388 g/mol. The van der Waals surface area contributed by atoms with Crippen molar-refractivity contribution in [1.29, 1.82) is 0 Å². The van der Waals surface area contributed by atoms with Crippen LogP contribution >= 0.6 is 0 Å². The largest absolute Gasteiger partial charge is 0.484 e. The normalized spacial score (nSPS) is 18.7. The van der Waals surface area contributed by atoms with Crippen LogP contribution in [0.3, 0.4) is 0 Å². The molecule has 1 heterocycles. The third-order valence-corrected chi connectivity index (χ3v) is 5.59. The molecule has 1 aromatic carbocycles. The standard InChI is InChI=1S/C22H32N2O4/c1-2-16-28-22(12-4-5-13-22)21(26)23-18-8-10-19(11-9-18)27-17-20(25)24-14-6-3-7-15-24/h8-11H,2-7,12-17H2,1H3,(H,23,26). The predicted molar refractivity (Wildman–Crippen MR) is 108 cm³/mol. The fourth-order valence-electron chi connectivity index (χ4n) is 3.94. The number of likely N-dealkylation sites (tertiary alicyclic amines) is 1. The van der Waals surface area contributed by atoms with Crippen LogP contribution in [0.25, 0.3) is 0 Å². The molecule has 1 aromatic rings. The van der Waals surface area contributed by atoms with Crippen molar-refractivity contribution in [1.82, 2.24) is 4.90 Å². The van der Waals surface area contributed by atoms with Crippen LogP contribution < -0.4 is 10.1 Å². The van der Waals surface area contributed by atoms with Gasteiger partial charge in [-0.25, -0.2) is 0 Å². The van der Waals surface area contributed by atoms with Crippen molar-refractivity contribution in [3.63, 3.8) is 0 Å². The minimum atomic E-state index is -0.688. The summed E-state index contributed by atoms with van der Waals surface area (Å²) in [5.41, 5.74) is 0.0255. The van der Waals surface area contributed by atoms with Gasteiger partial charge in [-0.2, -0.15) is 0 Å². The fraction of sp³-hybridized carbons (Fsp3) is 0.636. The minimum Gasteiger partial charge on any atom is -0.484 e. The zero-order valence-corrected chi connectivity index (χ0v) is 16.9. The van der Waals surface area contributed by atoms with E-state index in [1.807, 2.05) is 4.90 Å². The maximum Gasteiger partial charge on any atom is 0.260 e. The van der Waals surface area contributed by atoms with Crippen LogP contribution in [0.2, 0.25) is 0 Å². The van der Waals surface area contributed by atoms with Crippen molar-refractivity contribution in [3.8, 4) is 5.75 Å². The van der Waals surface area contributed by atoms with Gasteiger partial charge in [-0.3, -0.25) is 9.59 Å². The molecule has 0 aromatic heterocycles. The lowest BCUT2D eigenvalue weighted by molar-refractivity contribution is -0.140. The van der Waals surface area contributed by atoms with Crippen LogP contribution in [0.15, 0.2) is 24.3 Å². The fourth-order valence-corrected chi connectivity index (χ4v) is 3.94. The Bertz CT molecular complexity index is 647. The van der Waals surface area contributed by atoms with Crippen molar-refractivity contribution in [2.45, 2.75) is 63.9 Å². The molecule has 0 atom stereocenters. The number of anilines is 1. The Kier molecular flexibility index (Phi) is 7.31. The Morgan fingerprint density at radius 2 is 1.71 bits per heavy atom. The second-order valence-electron chi connectivity index (χ2n) is 7.76. The van der Waals surface area contributed by atoms with E-state index in [1.54, 1.807) is 24.3 Å². The Morgan fingerprint density at radius 3 is 2.36 bits per heavy atom. The zero-order chi connectivity index (χ0) is 19.8. The van der Waals surface area contributed by atoms with E-state index in [0.717, 1.165) is 58.0 Å². The highest BCUT2D eigenvalue weighted by Gasteiger charge is 2.42. The van der Waals surface area contributed by atoms with Crippen molar-refractivity contribution < 1.29 is 19.1 Å². The molecule has 28 heavy (non-hydrogen) atoms. The molecule has 6 nitrogen and oxygen atoms in total. The summed E-state index contributed by atoms with van der Waals surface area (Å²) in [5.74, 6) is 0.599. The molecule has 1 saturated heterocycles. The highest BCUT2D eigenvalue weighted by atomic mass is 16.5. The van der Waals surface area contributed by atoms with Gasteiger partial charge in [0.1, 0.15) is 11.4 Å². The van der Waals surface area contributed by atoms with Crippen molar-refractivity contribution in [2.75, 3.05) is 31.6 Å². The Morgan fingerprint density at radius 1 is 1.04 bits per heavy atom. The first-order chi connectivity index (χ1) is 13.6. The molecule has 0 bridgehead atoms. The summed E-state index contributed by atoms with van der Waals surface area (Å²) in [7, 11) is 0. The summed E-state index contributed by atoms with van der Waals surface area (Å²) in [6.45, 7) is 4.37. The summed E-state index contributed by atoms with van der Waals surface area (Å²) in [5, 5.41) is 2.98. The molecule has 0 spiro atoms. The Balaban J connectivity index is 1.50. The average molecular weight is 389 g/mol. The molecular formula is C22H32N2O4. The molecule has 154 valence electrons. The zero-order valence-electron chi connectivity index (χ0n) is 16.9. The third-order valence-electron chi connectivity index (χ3n) is 5.59. The van der Waals surface area contributed by atoms with Gasteiger partial charge in [0.05, 0.1) is 0 Å². The second-order valence-corrected chi connectivity index (χ2v) is 7.76. The van der Waals surface area contributed by atoms with E-state index in [9.17, 15) is 9.59 Å². The summed E-state index contributed by atoms with van der Waals surface area (Å²) in [6.07, 6.45) is 7.84. The number of rotatable bonds is 8. The molecule has 2 aliphatic rings. The van der Waals surface area contributed by atoms with Gasteiger partial charge < -0.3 is 19.7 Å². The summed E-state index contributed by atoms with van der Waals surface area (Å²) in [4.78, 5) is 26.9. The Labute approximate surface area is 167 Å². The molecule has 1 saturated carbocycles. The van der Waals surface area contributed by atoms with E-state index in [0.29, 0.717) is 18.0 Å². The van der Waals surface area contributed by atoms with Gasteiger partial charge >= 0.3 is 0 Å². The number of hydrogen-bond donors (Lipinski definition) is 1. The summed E-state index contributed by atoms with van der Waals surface area (Å²) in [6, 6.07) is 7.18. The first kappa shape index (κ1) is 20.6. The van der Waals surface area contributed by atoms with Crippen LogP contribution in [0, 0.1) is 0 Å². The van der Waals surface area contributed by atoms with Crippen LogP contribution in [-0.4, -0.2) is 48.6 Å². The number of amides is 2. The third kappa shape index (κ3) is 5.25. The topological polar surface area (TPSA) is 67.9 Å². The van der Waals surface area contributed by atoms with Gasteiger partial charge in [0, 0.05) is 25.4 Å². The maximum atomic E-state index is 12.8. The van der Waals surface area contributed by atoms with E-state index in [4.69, 9.17) is 9.47 Å². The molecule has 1 N–H and O–H groups in total. The first-order valence-electron chi connectivity index (χ1n) is 10.6. The van der Waals surface area contributed by atoms with Crippen molar-refractivity contribution >= 4 is 17.5 Å². The molecule has 2 fully saturated rings. The van der Waals surface area contributed by atoms with Gasteiger partial charge in [0.25, 0.3) is 11.8 Å². The summed E-state index contributed by atoms with van der Waals surface area (Å²) < 4.78 is 11.6. The van der Waals surface area contributed by atoms with Crippen LogP contribution in [0.1, 0.15) is 58.3 Å². The lowest BCUT2D eigenvalue weighted by Gasteiger charge is -2.28. The number of hydrogen-bond acceptors (Lipinski definition) is 4. The van der Waals surface area contributed by atoms with Crippen LogP contribution in [0.4, 0.5) is 5.69 Å². The quantitative estimate of drug-likeness (QED) is 0.736. The molecule has 1 aliphatic heterocycles. The molecule has 6 heteroatoms. The highest BCUT2D eigenvalue weighted by molar-refractivity contribution is 5.97. The number of ether oxygens (including phenoxy) is 2. The van der Waals surface area contributed by atoms with E-state index >= 15 is 0 Å². The molecule has 0 unspecified atom stereocenters. The van der Waals surface area contributed by atoms with Gasteiger partial charge in [0.2, 0.25) is 0 Å². The number of benzene rings is 1. The van der Waals surface area contributed by atoms with Crippen LogP contribution in [0.5, 0.6) is 5.75 Å². The first-order valence-corrected chi connectivity index (χ1v) is 10.6. The maximum absolute atomic E-state index is 12.8. The van der Waals surface area contributed by atoms with Gasteiger partial charge in [0.15, 0.2) is 6.61 Å². The van der Waals surface area contributed by atoms with E-state index in [2.05, 4.69) is 12.2 Å². The number of nitrogens with zero attached hydrogens (tertiary/aromatic N) is 1.